The monoisotopic (exact) mass is 426 g/mol. The number of anilines is 1. The van der Waals surface area contributed by atoms with Gasteiger partial charge in [0, 0.05) is 0 Å². The van der Waals surface area contributed by atoms with E-state index in [9.17, 15) is 14.7 Å². The van der Waals surface area contributed by atoms with Crippen LogP contribution in [0.4, 0.5) is 15.0 Å². The lowest BCUT2D eigenvalue weighted by molar-refractivity contribution is 0.0200. The van der Waals surface area contributed by atoms with Gasteiger partial charge in [-0.15, -0.1) is 0 Å². The third kappa shape index (κ3) is 3.40. The van der Waals surface area contributed by atoms with Crippen molar-refractivity contribution in [2.75, 3.05) is 11.6 Å². The van der Waals surface area contributed by atoms with Crippen molar-refractivity contribution in [3.63, 3.8) is 0 Å². The molecule has 1 saturated carbocycles. The molecule has 3 heterocycles. The smallest absolute Gasteiger partial charge is 0.412 e. The number of fused-ring (bicyclic) bond motifs is 2. The van der Waals surface area contributed by atoms with Gasteiger partial charge in [-0.05, 0) is 33.6 Å². The van der Waals surface area contributed by atoms with E-state index in [1.54, 1.807) is 30.6 Å². The van der Waals surface area contributed by atoms with Crippen molar-refractivity contribution in [3.8, 4) is 0 Å². The Hall–Kier alpha value is -2.13. The molecule has 0 spiro atoms. The molecule has 3 aliphatic rings. The van der Waals surface area contributed by atoms with Crippen LogP contribution in [0.1, 0.15) is 68.6 Å². The van der Waals surface area contributed by atoms with Crippen LogP contribution in [0.2, 0.25) is 5.15 Å². The van der Waals surface area contributed by atoms with Gasteiger partial charge in [0.2, 0.25) is 0 Å². The molecule has 8 nitrogen and oxygen atoms in total. The number of halogens is 2. The number of carbonyl (C=O) groups excluding carboxylic acids is 2. The fraction of sp³-hybridized carbons (Fsp3) is 0.632. The van der Waals surface area contributed by atoms with E-state index < -0.39 is 29.6 Å². The Morgan fingerprint density at radius 1 is 1.31 bits per heavy atom. The van der Waals surface area contributed by atoms with Crippen molar-refractivity contribution < 1.29 is 23.8 Å². The molecule has 1 unspecified atom stereocenters. The van der Waals surface area contributed by atoms with Gasteiger partial charge in [-0.1, -0.05) is 24.4 Å². The average Bonchev–Trinajstić information content (AvgIpc) is 3.15. The van der Waals surface area contributed by atoms with Crippen molar-refractivity contribution >= 4 is 29.4 Å². The van der Waals surface area contributed by atoms with Gasteiger partial charge in [0.05, 0.1) is 29.9 Å². The molecule has 0 aromatic carbocycles. The van der Waals surface area contributed by atoms with Crippen LogP contribution in [0, 0.1) is 5.82 Å². The first kappa shape index (κ1) is 20.2. The standard InChI is InChI=1S/C19H24ClFN4O4/c1-19(2,3)29-18(28)25-8-24(9-6-4-5-7-10(9)25)15-13(21)11-12(14(20)22-15)17(27)23-16(11)26/h9-10,16,26H,4-8H2,1-3H3,(H,23,27)/t9-,10+,16?/m1/s1. The number of ether oxygens (including phenoxy) is 1. The second kappa shape index (κ2) is 6.98. The van der Waals surface area contributed by atoms with Gasteiger partial charge >= 0.3 is 6.09 Å². The highest BCUT2D eigenvalue weighted by Gasteiger charge is 2.47. The fourth-order valence-corrected chi connectivity index (χ4v) is 4.67. The first-order valence-electron chi connectivity index (χ1n) is 9.72. The Bertz CT molecular complexity index is 875. The summed E-state index contributed by atoms with van der Waals surface area (Å²) in [5.41, 5.74) is -0.998. The third-order valence-corrected chi connectivity index (χ3v) is 5.85. The summed E-state index contributed by atoms with van der Waals surface area (Å²) in [6, 6.07) is -0.272. The topological polar surface area (TPSA) is 95.0 Å². The summed E-state index contributed by atoms with van der Waals surface area (Å²) < 4.78 is 20.9. The van der Waals surface area contributed by atoms with Crippen molar-refractivity contribution in [2.24, 2.45) is 0 Å². The summed E-state index contributed by atoms with van der Waals surface area (Å²) >= 11 is 6.16. The Morgan fingerprint density at radius 2 is 1.97 bits per heavy atom. The van der Waals surface area contributed by atoms with Crippen molar-refractivity contribution in [3.05, 3.63) is 22.1 Å². The molecule has 3 atom stereocenters. The minimum Gasteiger partial charge on any atom is -0.444 e. The number of rotatable bonds is 1. The highest BCUT2D eigenvalue weighted by Crippen LogP contribution is 2.41. The lowest BCUT2D eigenvalue weighted by Gasteiger charge is -2.33. The SMILES string of the molecule is CC(C)(C)OC(=O)N1CN(c2nc(Cl)c3c(c2F)C(O)NC3=O)[C@@H]2CCCC[C@@H]21. The predicted octanol–water partition coefficient (Wildman–Crippen LogP) is 2.93. The molecule has 158 valence electrons. The number of aliphatic hydroxyl groups is 1. The third-order valence-electron chi connectivity index (χ3n) is 5.58. The minimum absolute atomic E-state index is 0.0627. The molecule has 1 saturated heterocycles. The van der Waals surface area contributed by atoms with Gasteiger partial charge in [-0.3, -0.25) is 9.69 Å². The van der Waals surface area contributed by atoms with Crippen molar-refractivity contribution in [1.82, 2.24) is 15.2 Å². The van der Waals surface area contributed by atoms with E-state index in [2.05, 4.69) is 10.3 Å². The summed E-state index contributed by atoms with van der Waals surface area (Å²) in [5.74, 6) is -1.53. The lowest BCUT2D eigenvalue weighted by atomic mass is 9.90. The molecule has 2 N–H and O–H groups in total. The predicted molar refractivity (Wildman–Crippen MR) is 103 cm³/mol. The average molecular weight is 427 g/mol. The number of nitrogens with one attached hydrogen (secondary N) is 1. The Kier molecular flexibility index (Phi) is 4.85. The van der Waals surface area contributed by atoms with Crippen LogP contribution in [0.3, 0.4) is 0 Å². The quantitative estimate of drug-likeness (QED) is 0.670. The molecular weight excluding hydrogens is 403 g/mol. The number of carbonyl (C=O) groups is 2. The molecule has 2 aliphatic heterocycles. The molecule has 1 aromatic heterocycles. The number of nitrogens with zero attached hydrogens (tertiary/aromatic N) is 3. The van der Waals surface area contributed by atoms with E-state index in [0.717, 1.165) is 25.7 Å². The normalized spacial score (nSPS) is 26.3. The van der Waals surface area contributed by atoms with Crippen LogP contribution < -0.4 is 10.2 Å². The molecule has 29 heavy (non-hydrogen) atoms. The Morgan fingerprint density at radius 3 is 2.62 bits per heavy atom. The fourth-order valence-electron chi connectivity index (χ4n) is 4.40. The summed E-state index contributed by atoms with van der Waals surface area (Å²) in [6.45, 7) is 5.48. The van der Waals surface area contributed by atoms with Crippen LogP contribution in [-0.4, -0.2) is 51.3 Å². The van der Waals surface area contributed by atoms with Gasteiger partial charge in [-0.25, -0.2) is 14.2 Å². The lowest BCUT2D eigenvalue weighted by Crippen LogP contribution is -2.44. The summed E-state index contributed by atoms with van der Waals surface area (Å²) in [7, 11) is 0. The number of amides is 2. The van der Waals surface area contributed by atoms with E-state index in [1.807, 2.05) is 0 Å². The molecule has 0 bridgehead atoms. The highest BCUT2D eigenvalue weighted by molar-refractivity contribution is 6.33. The van der Waals surface area contributed by atoms with Crippen molar-refractivity contribution in [1.29, 1.82) is 0 Å². The number of hydrogen-bond acceptors (Lipinski definition) is 6. The molecule has 0 radical (unpaired) electrons. The van der Waals surface area contributed by atoms with Crippen LogP contribution in [0.15, 0.2) is 0 Å². The van der Waals surface area contributed by atoms with E-state index in [-0.39, 0.29) is 40.9 Å². The van der Waals surface area contributed by atoms with Crippen molar-refractivity contribution in [2.45, 2.75) is 70.4 Å². The van der Waals surface area contributed by atoms with Crippen LogP contribution in [-0.2, 0) is 4.74 Å². The molecule has 1 aromatic rings. The molecule has 1 aliphatic carbocycles. The number of aromatic nitrogens is 1. The largest absolute Gasteiger partial charge is 0.444 e. The molecule has 2 fully saturated rings. The van der Waals surface area contributed by atoms with Crippen LogP contribution in [0.5, 0.6) is 0 Å². The van der Waals surface area contributed by atoms with E-state index in [0.29, 0.717) is 0 Å². The summed E-state index contributed by atoms with van der Waals surface area (Å²) in [5, 5.41) is 12.1. The zero-order chi connectivity index (χ0) is 21.1. The first-order chi connectivity index (χ1) is 13.6. The van der Waals surface area contributed by atoms with Gasteiger partial charge in [-0.2, -0.15) is 0 Å². The van der Waals surface area contributed by atoms with Gasteiger partial charge in [0.15, 0.2) is 17.9 Å². The Balaban J connectivity index is 1.72. The van der Waals surface area contributed by atoms with E-state index >= 15 is 4.39 Å². The van der Waals surface area contributed by atoms with E-state index in [4.69, 9.17) is 16.3 Å². The maximum atomic E-state index is 15.3. The van der Waals surface area contributed by atoms with Gasteiger partial charge < -0.3 is 20.1 Å². The summed E-state index contributed by atoms with van der Waals surface area (Å²) in [6.07, 6.45) is 1.52. The molecule has 4 rings (SSSR count). The molecule has 2 amide bonds. The second-order valence-electron chi connectivity index (χ2n) is 8.69. The van der Waals surface area contributed by atoms with E-state index in [1.165, 1.54) is 0 Å². The number of aliphatic hydroxyl groups excluding tert-OH is 1. The minimum atomic E-state index is -1.48. The number of hydrogen-bond donors (Lipinski definition) is 2. The van der Waals surface area contributed by atoms with Crippen LogP contribution >= 0.6 is 11.6 Å². The zero-order valence-electron chi connectivity index (χ0n) is 16.5. The summed E-state index contributed by atoms with van der Waals surface area (Å²) in [4.78, 5) is 32.2. The van der Waals surface area contributed by atoms with Crippen LogP contribution in [0.25, 0.3) is 0 Å². The Labute approximate surface area is 173 Å². The highest BCUT2D eigenvalue weighted by atomic mass is 35.5. The maximum absolute atomic E-state index is 15.3. The van der Waals surface area contributed by atoms with Gasteiger partial charge in [0.25, 0.3) is 5.91 Å². The molecular formula is C19H24ClFN4O4. The first-order valence-corrected chi connectivity index (χ1v) is 10.1. The second-order valence-corrected chi connectivity index (χ2v) is 9.04. The zero-order valence-corrected chi connectivity index (χ0v) is 17.3. The molecule has 10 heteroatoms. The number of pyridine rings is 1. The maximum Gasteiger partial charge on any atom is 0.412 e. The van der Waals surface area contributed by atoms with Gasteiger partial charge in [0.1, 0.15) is 10.8 Å².